The molecule has 0 saturated heterocycles. The van der Waals surface area contributed by atoms with E-state index in [1.165, 1.54) is 7.11 Å². The molecule has 8 heteroatoms. The number of rotatable bonds is 5. The number of nitrogens with two attached hydrogens (primary N) is 1. The van der Waals surface area contributed by atoms with Crippen LogP contribution in [0, 0.1) is 5.82 Å². The highest BCUT2D eigenvalue weighted by Crippen LogP contribution is 2.32. The summed E-state index contributed by atoms with van der Waals surface area (Å²) in [5.41, 5.74) is 5.08. The van der Waals surface area contributed by atoms with Crippen molar-refractivity contribution in [3.63, 3.8) is 0 Å². The van der Waals surface area contributed by atoms with Crippen LogP contribution in [0.25, 0.3) is 0 Å². The van der Waals surface area contributed by atoms with Crippen molar-refractivity contribution in [3.8, 4) is 0 Å². The van der Waals surface area contributed by atoms with Crippen LogP contribution >= 0.6 is 0 Å². The zero-order chi connectivity index (χ0) is 15.3. The summed E-state index contributed by atoms with van der Waals surface area (Å²) in [6.45, 7) is -0.209. The van der Waals surface area contributed by atoms with Crippen molar-refractivity contribution in [1.82, 2.24) is 5.32 Å². The van der Waals surface area contributed by atoms with Gasteiger partial charge in [-0.05, 0) is 17.7 Å². The number of nitrogens with one attached hydrogen (secondary N) is 1. The molecule has 1 aromatic carbocycles. The SMILES string of the molecule is COCC(N)C(=O)NC(c1ccc(F)cc1)C(F)(F)F. The maximum absolute atomic E-state index is 12.9. The molecule has 1 amide bonds. The van der Waals surface area contributed by atoms with Gasteiger partial charge in [-0.25, -0.2) is 4.39 Å². The molecule has 0 aliphatic heterocycles. The third kappa shape index (κ3) is 4.46. The first-order valence-electron chi connectivity index (χ1n) is 5.62. The highest BCUT2D eigenvalue weighted by atomic mass is 19.4. The molecular formula is C12H14F4N2O2. The van der Waals surface area contributed by atoms with Crippen molar-refractivity contribution in [2.75, 3.05) is 13.7 Å². The van der Waals surface area contributed by atoms with Gasteiger partial charge in [-0.2, -0.15) is 13.2 Å². The highest BCUT2D eigenvalue weighted by Gasteiger charge is 2.42. The molecule has 0 aliphatic rings. The van der Waals surface area contributed by atoms with Crippen LogP contribution in [0.1, 0.15) is 11.6 Å². The second-order valence-electron chi connectivity index (χ2n) is 4.10. The summed E-state index contributed by atoms with van der Waals surface area (Å²) in [5, 5.41) is 1.79. The van der Waals surface area contributed by atoms with E-state index < -0.39 is 30.0 Å². The molecule has 0 heterocycles. The van der Waals surface area contributed by atoms with Crippen LogP contribution in [-0.4, -0.2) is 31.8 Å². The average molecular weight is 294 g/mol. The molecule has 0 saturated carbocycles. The van der Waals surface area contributed by atoms with E-state index in [4.69, 9.17) is 5.73 Å². The van der Waals surface area contributed by atoms with E-state index in [0.29, 0.717) is 0 Å². The molecule has 112 valence electrons. The quantitative estimate of drug-likeness (QED) is 0.809. The molecule has 20 heavy (non-hydrogen) atoms. The summed E-state index contributed by atoms with van der Waals surface area (Å²) in [6.07, 6.45) is -4.72. The number of halogens is 4. The Bertz CT molecular complexity index is 448. The van der Waals surface area contributed by atoms with Gasteiger partial charge >= 0.3 is 6.18 Å². The van der Waals surface area contributed by atoms with Gasteiger partial charge in [0.1, 0.15) is 11.9 Å². The molecule has 0 spiro atoms. The average Bonchev–Trinajstić information content (AvgIpc) is 2.36. The van der Waals surface area contributed by atoms with Crippen LogP contribution in [0.5, 0.6) is 0 Å². The van der Waals surface area contributed by atoms with E-state index in [9.17, 15) is 22.4 Å². The van der Waals surface area contributed by atoms with E-state index in [-0.39, 0.29) is 12.2 Å². The summed E-state index contributed by atoms with van der Waals surface area (Å²) in [6, 6.07) is 0.208. The number of ether oxygens (including phenoxy) is 1. The van der Waals surface area contributed by atoms with E-state index in [1.54, 1.807) is 5.32 Å². The van der Waals surface area contributed by atoms with Crippen molar-refractivity contribution < 1.29 is 27.1 Å². The molecule has 1 rings (SSSR count). The number of hydrogen-bond donors (Lipinski definition) is 2. The number of methoxy groups -OCH3 is 1. The number of benzene rings is 1. The summed E-state index contributed by atoms with van der Waals surface area (Å²) < 4.78 is 56.1. The Labute approximate surface area is 112 Å². The third-order valence-electron chi connectivity index (χ3n) is 2.50. The molecule has 0 aromatic heterocycles. The first kappa shape index (κ1) is 16.4. The van der Waals surface area contributed by atoms with Crippen molar-refractivity contribution >= 4 is 5.91 Å². The van der Waals surface area contributed by atoms with E-state index in [1.807, 2.05) is 0 Å². The van der Waals surface area contributed by atoms with Gasteiger partial charge in [-0.3, -0.25) is 4.79 Å². The van der Waals surface area contributed by atoms with Crippen LogP contribution in [0.3, 0.4) is 0 Å². The highest BCUT2D eigenvalue weighted by molar-refractivity contribution is 5.82. The fourth-order valence-corrected chi connectivity index (χ4v) is 1.51. The zero-order valence-corrected chi connectivity index (χ0v) is 10.6. The molecular weight excluding hydrogens is 280 g/mol. The first-order chi connectivity index (χ1) is 9.25. The van der Waals surface area contributed by atoms with Crippen molar-refractivity contribution in [2.24, 2.45) is 5.73 Å². The predicted octanol–water partition coefficient (Wildman–Crippen LogP) is 1.52. The van der Waals surface area contributed by atoms with Gasteiger partial charge in [0.25, 0.3) is 0 Å². The normalized spacial score (nSPS) is 14.7. The summed E-state index contributed by atoms with van der Waals surface area (Å²) in [4.78, 5) is 11.5. The number of carbonyl (C=O) groups is 1. The Morgan fingerprint density at radius 2 is 1.90 bits per heavy atom. The van der Waals surface area contributed by atoms with Crippen LogP contribution in [0.2, 0.25) is 0 Å². The number of alkyl halides is 3. The van der Waals surface area contributed by atoms with Crippen LogP contribution in [0.15, 0.2) is 24.3 Å². The van der Waals surface area contributed by atoms with Gasteiger partial charge in [-0.1, -0.05) is 12.1 Å². The van der Waals surface area contributed by atoms with Crippen molar-refractivity contribution in [1.29, 1.82) is 0 Å². The summed E-state index contributed by atoms with van der Waals surface area (Å²) in [5.74, 6) is -1.67. The van der Waals surface area contributed by atoms with Gasteiger partial charge in [-0.15, -0.1) is 0 Å². The molecule has 0 radical (unpaired) electrons. The largest absolute Gasteiger partial charge is 0.412 e. The third-order valence-corrected chi connectivity index (χ3v) is 2.50. The van der Waals surface area contributed by atoms with Gasteiger partial charge in [0, 0.05) is 7.11 Å². The first-order valence-corrected chi connectivity index (χ1v) is 5.62. The molecule has 3 N–H and O–H groups in total. The number of amides is 1. The van der Waals surface area contributed by atoms with Crippen LogP contribution in [-0.2, 0) is 9.53 Å². The maximum Gasteiger partial charge on any atom is 0.412 e. The van der Waals surface area contributed by atoms with Gasteiger partial charge in [0.2, 0.25) is 5.91 Å². The minimum Gasteiger partial charge on any atom is -0.383 e. The number of hydrogen-bond acceptors (Lipinski definition) is 3. The zero-order valence-electron chi connectivity index (χ0n) is 10.6. The lowest BCUT2D eigenvalue weighted by molar-refractivity contribution is -0.164. The Morgan fingerprint density at radius 1 is 1.35 bits per heavy atom. The lowest BCUT2D eigenvalue weighted by Crippen LogP contribution is -2.48. The molecule has 2 unspecified atom stereocenters. The number of carbonyl (C=O) groups excluding carboxylic acids is 1. The van der Waals surface area contributed by atoms with Gasteiger partial charge in [0.15, 0.2) is 6.04 Å². The summed E-state index contributed by atoms with van der Waals surface area (Å²) >= 11 is 0. The fourth-order valence-electron chi connectivity index (χ4n) is 1.51. The second kappa shape index (κ2) is 6.67. The molecule has 0 bridgehead atoms. The lowest BCUT2D eigenvalue weighted by Gasteiger charge is -2.23. The monoisotopic (exact) mass is 294 g/mol. The topological polar surface area (TPSA) is 64.3 Å². The minimum absolute atomic E-state index is 0.209. The van der Waals surface area contributed by atoms with Gasteiger partial charge < -0.3 is 15.8 Å². The smallest absolute Gasteiger partial charge is 0.383 e. The van der Waals surface area contributed by atoms with Crippen LogP contribution < -0.4 is 11.1 Å². The Balaban J connectivity index is 2.91. The Morgan fingerprint density at radius 3 is 2.35 bits per heavy atom. The molecule has 0 fully saturated rings. The second-order valence-corrected chi connectivity index (χ2v) is 4.10. The fraction of sp³-hybridized carbons (Fsp3) is 0.417. The van der Waals surface area contributed by atoms with E-state index >= 15 is 0 Å². The van der Waals surface area contributed by atoms with E-state index in [2.05, 4.69) is 4.74 Å². The Kier molecular flexibility index (Phi) is 5.46. The van der Waals surface area contributed by atoms with Crippen LogP contribution in [0.4, 0.5) is 17.6 Å². The minimum atomic E-state index is -4.72. The van der Waals surface area contributed by atoms with Gasteiger partial charge in [0.05, 0.1) is 6.61 Å². The van der Waals surface area contributed by atoms with E-state index in [0.717, 1.165) is 24.3 Å². The maximum atomic E-state index is 12.9. The molecule has 1 aromatic rings. The Hall–Kier alpha value is -1.67. The van der Waals surface area contributed by atoms with Crippen molar-refractivity contribution in [2.45, 2.75) is 18.3 Å². The summed E-state index contributed by atoms with van der Waals surface area (Å²) in [7, 11) is 1.27. The molecule has 0 aliphatic carbocycles. The lowest BCUT2D eigenvalue weighted by atomic mass is 10.1. The molecule has 4 nitrogen and oxygen atoms in total. The van der Waals surface area contributed by atoms with Crippen molar-refractivity contribution in [3.05, 3.63) is 35.6 Å². The standard InChI is InChI=1S/C12H14F4N2O2/c1-20-6-9(17)11(19)18-10(12(14,15)16)7-2-4-8(13)5-3-7/h2-5,9-10H,6,17H2,1H3,(H,18,19). The molecule has 2 atom stereocenters. The predicted molar refractivity (Wildman–Crippen MR) is 63.2 cm³/mol.